The molecule has 1 amide bonds. The SMILES string of the molecule is Cc1ccccc1C1CC(C)N(C(=O)c2ccc(OCc3ccncc3)cc2)C1. The van der Waals surface area contributed by atoms with E-state index in [0.717, 1.165) is 24.3 Å². The Labute approximate surface area is 172 Å². The highest BCUT2D eigenvalue weighted by Crippen LogP contribution is 2.34. The lowest BCUT2D eigenvalue weighted by atomic mass is 9.93. The molecule has 1 fully saturated rings. The van der Waals surface area contributed by atoms with Crippen LogP contribution in [0.1, 0.15) is 46.3 Å². The van der Waals surface area contributed by atoms with E-state index >= 15 is 0 Å². The van der Waals surface area contributed by atoms with Crippen molar-refractivity contribution in [2.45, 2.75) is 38.8 Å². The Balaban J connectivity index is 1.41. The summed E-state index contributed by atoms with van der Waals surface area (Å²) in [5, 5.41) is 0. The zero-order valence-corrected chi connectivity index (χ0v) is 16.9. The zero-order valence-electron chi connectivity index (χ0n) is 16.9. The fourth-order valence-corrected chi connectivity index (χ4v) is 4.09. The third-order valence-corrected chi connectivity index (χ3v) is 5.72. The minimum absolute atomic E-state index is 0.0919. The number of aryl methyl sites for hydroxylation is 1. The highest BCUT2D eigenvalue weighted by Gasteiger charge is 2.34. The minimum Gasteiger partial charge on any atom is -0.489 e. The Morgan fingerprint density at radius 2 is 1.79 bits per heavy atom. The third kappa shape index (κ3) is 4.32. The van der Waals surface area contributed by atoms with Crippen LogP contribution in [0.3, 0.4) is 0 Å². The number of likely N-dealkylation sites (tertiary alicyclic amines) is 1. The van der Waals surface area contributed by atoms with E-state index in [0.29, 0.717) is 18.1 Å². The van der Waals surface area contributed by atoms with Gasteiger partial charge in [-0.3, -0.25) is 9.78 Å². The fraction of sp³-hybridized carbons (Fsp3) is 0.280. The van der Waals surface area contributed by atoms with Crippen LogP contribution in [0.15, 0.2) is 73.1 Å². The van der Waals surface area contributed by atoms with E-state index in [9.17, 15) is 4.79 Å². The molecule has 1 saturated heterocycles. The Morgan fingerprint density at radius 1 is 1.07 bits per heavy atom. The Kier molecular flexibility index (Phi) is 5.61. The van der Waals surface area contributed by atoms with Gasteiger partial charge in [0.1, 0.15) is 12.4 Å². The van der Waals surface area contributed by atoms with E-state index in [2.05, 4.69) is 43.1 Å². The summed E-state index contributed by atoms with van der Waals surface area (Å²) in [5.74, 6) is 1.25. The first-order valence-electron chi connectivity index (χ1n) is 10.1. The van der Waals surface area contributed by atoms with Crippen LogP contribution in [0, 0.1) is 6.92 Å². The molecule has 0 aliphatic carbocycles. The number of pyridine rings is 1. The van der Waals surface area contributed by atoms with Crippen LogP contribution in [-0.4, -0.2) is 28.4 Å². The standard InChI is InChI=1S/C25H26N2O2/c1-18-5-3-4-6-24(18)22-15-19(2)27(16-22)25(28)21-7-9-23(10-8-21)29-17-20-11-13-26-14-12-20/h3-14,19,22H,15-17H2,1-2H3. The van der Waals surface area contributed by atoms with Crippen LogP contribution in [0.2, 0.25) is 0 Å². The maximum Gasteiger partial charge on any atom is 0.254 e. The van der Waals surface area contributed by atoms with Gasteiger partial charge in [-0.15, -0.1) is 0 Å². The summed E-state index contributed by atoms with van der Waals surface area (Å²) in [6, 6.07) is 20.0. The lowest BCUT2D eigenvalue weighted by Gasteiger charge is -2.22. The normalized spacial score (nSPS) is 18.6. The van der Waals surface area contributed by atoms with Crippen LogP contribution in [0.25, 0.3) is 0 Å². The van der Waals surface area contributed by atoms with Crippen LogP contribution in [0.5, 0.6) is 5.75 Å². The lowest BCUT2D eigenvalue weighted by molar-refractivity contribution is 0.0746. The van der Waals surface area contributed by atoms with Crippen LogP contribution in [-0.2, 0) is 6.61 Å². The van der Waals surface area contributed by atoms with Crippen molar-refractivity contribution in [3.63, 3.8) is 0 Å². The molecular formula is C25H26N2O2. The van der Waals surface area contributed by atoms with Gasteiger partial charge < -0.3 is 9.64 Å². The number of carbonyl (C=O) groups excluding carboxylic acids is 1. The first-order valence-corrected chi connectivity index (χ1v) is 10.1. The second-order valence-corrected chi connectivity index (χ2v) is 7.76. The van der Waals surface area contributed by atoms with E-state index in [1.54, 1.807) is 12.4 Å². The van der Waals surface area contributed by atoms with Gasteiger partial charge >= 0.3 is 0 Å². The topological polar surface area (TPSA) is 42.4 Å². The van der Waals surface area contributed by atoms with E-state index in [1.165, 1.54) is 11.1 Å². The molecule has 4 nitrogen and oxygen atoms in total. The molecule has 1 aromatic heterocycles. The molecule has 2 unspecified atom stereocenters. The number of hydrogen-bond acceptors (Lipinski definition) is 3. The first kappa shape index (κ1) is 19.2. The van der Waals surface area contributed by atoms with Crippen molar-refractivity contribution in [3.05, 3.63) is 95.3 Å². The van der Waals surface area contributed by atoms with Crippen molar-refractivity contribution < 1.29 is 9.53 Å². The molecule has 29 heavy (non-hydrogen) atoms. The highest BCUT2D eigenvalue weighted by molar-refractivity contribution is 5.94. The second-order valence-electron chi connectivity index (χ2n) is 7.76. The van der Waals surface area contributed by atoms with Gasteiger partial charge in [-0.1, -0.05) is 24.3 Å². The first-order chi connectivity index (χ1) is 14.1. The summed E-state index contributed by atoms with van der Waals surface area (Å²) in [7, 11) is 0. The summed E-state index contributed by atoms with van der Waals surface area (Å²) in [6.07, 6.45) is 4.51. The predicted molar refractivity (Wildman–Crippen MR) is 114 cm³/mol. The molecule has 4 heteroatoms. The minimum atomic E-state index is 0.0919. The van der Waals surface area contributed by atoms with E-state index in [4.69, 9.17) is 4.74 Å². The molecule has 2 atom stereocenters. The number of aromatic nitrogens is 1. The van der Waals surface area contributed by atoms with Crippen LogP contribution in [0.4, 0.5) is 0 Å². The van der Waals surface area contributed by atoms with Gasteiger partial charge in [-0.05, 0) is 73.4 Å². The molecular weight excluding hydrogens is 360 g/mol. The van der Waals surface area contributed by atoms with Crippen molar-refractivity contribution in [2.75, 3.05) is 6.54 Å². The fourth-order valence-electron chi connectivity index (χ4n) is 4.09. The molecule has 1 aliphatic rings. The summed E-state index contributed by atoms with van der Waals surface area (Å²) in [5.41, 5.74) is 4.43. The van der Waals surface area contributed by atoms with Crippen molar-refractivity contribution >= 4 is 5.91 Å². The largest absolute Gasteiger partial charge is 0.489 e. The molecule has 3 aromatic rings. The van der Waals surface area contributed by atoms with Crippen molar-refractivity contribution in [2.24, 2.45) is 0 Å². The molecule has 2 heterocycles. The molecule has 0 saturated carbocycles. The quantitative estimate of drug-likeness (QED) is 0.621. The van der Waals surface area contributed by atoms with Crippen LogP contribution >= 0.6 is 0 Å². The van der Waals surface area contributed by atoms with E-state index in [1.807, 2.05) is 41.3 Å². The van der Waals surface area contributed by atoms with Gasteiger partial charge in [-0.2, -0.15) is 0 Å². The average Bonchev–Trinajstić information content (AvgIpc) is 3.14. The molecule has 0 spiro atoms. The molecule has 1 aliphatic heterocycles. The number of rotatable bonds is 5. The summed E-state index contributed by atoms with van der Waals surface area (Å²) in [6.45, 7) is 5.54. The van der Waals surface area contributed by atoms with Gasteiger partial charge in [0.05, 0.1) is 0 Å². The predicted octanol–water partition coefficient (Wildman–Crippen LogP) is 4.99. The maximum absolute atomic E-state index is 13.1. The highest BCUT2D eigenvalue weighted by atomic mass is 16.5. The number of nitrogens with zero attached hydrogens (tertiary/aromatic N) is 2. The number of amides is 1. The van der Waals surface area contributed by atoms with Crippen molar-refractivity contribution in [1.82, 2.24) is 9.88 Å². The van der Waals surface area contributed by atoms with E-state index in [-0.39, 0.29) is 11.9 Å². The number of carbonyl (C=O) groups is 1. The Morgan fingerprint density at radius 3 is 2.52 bits per heavy atom. The van der Waals surface area contributed by atoms with Gasteiger partial charge in [-0.25, -0.2) is 0 Å². The summed E-state index contributed by atoms with van der Waals surface area (Å²) < 4.78 is 5.81. The van der Waals surface area contributed by atoms with Gasteiger partial charge in [0.2, 0.25) is 0 Å². The monoisotopic (exact) mass is 386 g/mol. The molecule has 2 aromatic carbocycles. The Hall–Kier alpha value is -3.14. The lowest BCUT2D eigenvalue weighted by Crippen LogP contribution is -2.33. The van der Waals surface area contributed by atoms with E-state index < -0.39 is 0 Å². The van der Waals surface area contributed by atoms with Gasteiger partial charge in [0.15, 0.2) is 0 Å². The van der Waals surface area contributed by atoms with Gasteiger partial charge in [0.25, 0.3) is 5.91 Å². The van der Waals surface area contributed by atoms with Gasteiger partial charge in [0, 0.05) is 36.5 Å². The smallest absolute Gasteiger partial charge is 0.254 e. The number of hydrogen-bond donors (Lipinski definition) is 0. The molecule has 4 rings (SSSR count). The third-order valence-electron chi connectivity index (χ3n) is 5.72. The number of benzene rings is 2. The van der Waals surface area contributed by atoms with Crippen molar-refractivity contribution in [3.8, 4) is 5.75 Å². The zero-order chi connectivity index (χ0) is 20.2. The van der Waals surface area contributed by atoms with Crippen molar-refractivity contribution in [1.29, 1.82) is 0 Å². The van der Waals surface area contributed by atoms with Crippen LogP contribution < -0.4 is 4.74 Å². The molecule has 0 bridgehead atoms. The molecule has 148 valence electrons. The number of ether oxygens (including phenoxy) is 1. The Bertz CT molecular complexity index is 970. The second kappa shape index (κ2) is 8.48. The molecule has 0 radical (unpaired) electrons. The summed E-state index contributed by atoms with van der Waals surface area (Å²) in [4.78, 5) is 19.1. The maximum atomic E-state index is 13.1. The summed E-state index contributed by atoms with van der Waals surface area (Å²) >= 11 is 0. The molecule has 0 N–H and O–H groups in total. The average molecular weight is 386 g/mol.